The first kappa shape index (κ1) is 12.2. The number of hydrogen-bond acceptors (Lipinski definition) is 5. The Morgan fingerprint density at radius 1 is 1.56 bits per heavy atom. The second-order valence-corrected chi connectivity index (χ2v) is 3.64. The van der Waals surface area contributed by atoms with E-state index in [-0.39, 0.29) is 11.5 Å². The van der Waals surface area contributed by atoms with Crippen LogP contribution in [0.4, 0.5) is 0 Å². The smallest absolute Gasteiger partial charge is 0.371 e. The molecule has 0 radical (unpaired) electrons. The Balaban J connectivity index is 2.28. The molecule has 0 aliphatic rings. The van der Waals surface area contributed by atoms with E-state index in [9.17, 15) is 9.90 Å². The summed E-state index contributed by atoms with van der Waals surface area (Å²) in [7, 11) is 3.16. The predicted octanol–water partition coefficient (Wildman–Crippen LogP) is 0.802. The fourth-order valence-electron chi connectivity index (χ4n) is 1.56. The van der Waals surface area contributed by atoms with Crippen molar-refractivity contribution in [3.8, 4) is 5.88 Å². The van der Waals surface area contributed by atoms with Crippen molar-refractivity contribution in [2.24, 2.45) is 7.05 Å². The number of carbonyl (C=O) groups is 1. The van der Waals surface area contributed by atoms with Crippen LogP contribution in [0.3, 0.4) is 0 Å². The number of rotatable bonds is 4. The second-order valence-electron chi connectivity index (χ2n) is 3.64. The Hall–Kier alpha value is -2.28. The van der Waals surface area contributed by atoms with Crippen molar-refractivity contribution in [1.29, 1.82) is 0 Å². The van der Waals surface area contributed by atoms with Crippen LogP contribution in [0.5, 0.6) is 5.88 Å². The SMILES string of the molecule is COc1cc(C(O)c2ccc(C(=O)O)o2)nn1C. The van der Waals surface area contributed by atoms with Gasteiger partial charge in [-0.2, -0.15) is 5.10 Å². The van der Waals surface area contributed by atoms with Gasteiger partial charge in [-0.05, 0) is 12.1 Å². The molecule has 7 heteroatoms. The number of aliphatic hydroxyl groups excluding tert-OH is 1. The predicted molar refractivity (Wildman–Crippen MR) is 59.5 cm³/mol. The quantitative estimate of drug-likeness (QED) is 0.835. The number of aromatic nitrogens is 2. The monoisotopic (exact) mass is 252 g/mol. The van der Waals surface area contributed by atoms with Crippen molar-refractivity contribution < 1.29 is 24.2 Å². The first-order valence-corrected chi connectivity index (χ1v) is 5.12. The van der Waals surface area contributed by atoms with Gasteiger partial charge < -0.3 is 19.4 Å². The number of carboxylic acid groups (broad SMARTS) is 1. The number of aliphatic hydroxyl groups is 1. The maximum Gasteiger partial charge on any atom is 0.371 e. The number of nitrogens with zero attached hydrogens (tertiary/aromatic N) is 2. The van der Waals surface area contributed by atoms with Crippen LogP contribution in [0, 0.1) is 0 Å². The number of methoxy groups -OCH3 is 1. The van der Waals surface area contributed by atoms with Gasteiger partial charge in [-0.25, -0.2) is 9.48 Å². The van der Waals surface area contributed by atoms with Crippen LogP contribution < -0.4 is 4.74 Å². The third kappa shape index (κ3) is 2.07. The molecule has 1 unspecified atom stereocenters. The number of hydrogen-bond donors (Lipinski definition) is 2. The Kier molecular flexibility index (Phi) is 3.07. The van der Waals surface area contributed by atoms with E-state index in [1.54, 1.807) is 13.1 Å². The van der Waals surface area contributed by atoms with Gasteiger partial charge in [0, 0.05) is 13.1 Å². The van der Waals surface area contributed by atoms with Crippen molar-refractivity contribution in [3.63, 3.8) is 0 Å². The summed E-state index contributed by atoms with van der Waals surface area (Å²) in [5.74, 6) is -0.818. The summed E-state index contributed by atoms with van der Waals surface area (Å²) in [6.45, 7) is 0. The van der Waals surface area contributed by atoms with Crippen molar-refractivity contribution in [3.05, 3.63) is 35.4 Å². The summed E-state index contributed by atoms with van der Waals surface area (Å²) in [5.41, 5.74) is 0.320. The Bertz CT molecular complexity index is 572. The summed E-state index contributed by atoms with van der Waals surface area (Å²) in [6.07, 6.45) is -1.13. The summed E-state index contributed by atoms with van der Waals surface area (Å²) in [6, 6.07) is 4.23. The molecule has 2 heterocycles. The van der Waals surface area contributed by atoms with E-state index in [2.05, 4.69) is 5.10 Å². The number of aryl methyl sites for hydroxylation is 1. The lowest BCUT2D eigenvalue weighted by atomic mass is 10.2. The van der Waals surface area contributed by atoms with Crippen molar-refractivity contribution in [2.45, 2.75) is 6.10 Å². The van der Waals surface area contributed by atoms with Gasteiger partial charge in [0.05, 0.1) is 7.11 Å². The average molecular weight is 252 g/mol. The average Bonchev–Trinajstić information content (AvgIpc) is 2.94. The number of aromatic carboxylic acids is 1. The number of furan rings is 1. The molecule has 0 fully saturated rings. The zero-order valence-electron chi connectivity index (χ0n) is 9.82. The zero-order chi connectivity index (χ0) is 13.3. The van der Waals surface area contributed by atoms with Gasteiger partial charge in [-0.3, -0.25) is 0 Å². The topological polar surface area (TPSA) is 97.7 Å². The molecule has 7 nitrogen and oxygen atoms in total. The molecule has 2 aromatic heterocycles. The fraction of sp³-hybridized carbons (Fsp3) is 0.273. The maximum atomic E-state index is 10.7. The van der Waals surface area contributed by atoms with Gasteiger partial charge in [0.15, 0.2) is 6.10 Å². The van der Waals surface area contributed by atoms with Crippen molar-refractivity contribution in [1.82, 2.24) is 9.78 Å². The van der Waals surface area contributed by atoms with Crippen LogP contribution in [0.1, 0.15) is 28.1 Å². The summed E-state index contributed by atoms with van der Waals surface area (Å²) < 4.78 is 11.5. The molecule has 0 aliphatic carbocycles. The van der Waals surface area contributed by atoms with Crippen LogP contribution >= 0.6 is 0 Å². The lowest BCUT2D eigenvalue weighted by molar-refractivity contribution is 0.0654. The molecule has 2 aromatic rings. The summed E-state index contributed by atoms with van der Waals surface area (Å²) >= 11 is 0. The Labute approximate surface area is 102 Å². The third-order valence-electron chi connectivity index (χ3n) is 2.45. The number of ether oxygens (including phenoxy) is 1. The molecule has 0 aromatic carbocycles. The zero-order valence-corrected chi connectivity index (χ0v) is 9.82. The molecule has 0 amide bonds. The molecule has 2 rings (SSSR count). The van der Waals surface area contributed by atoms with Gasteiger partial charge in [-0.15, -0.1) is 0 Å². The Morgan fingerprint density at radius 2 is 2.28 bits per heavy atom. The highest BCUT2D eigenvalue weighted by atomic mass is 16.5. The van der Waals surface area contributed by atoms with Gasteiger partial charge in [0.1, 0.15) is 11.5 Å². The molecule has 18 heavy (non-hydrogen) atoms. The van der Waals surface area contributed by atoms with Crippen molar-refractivity contribution in [2.75, 3.05) is 7.11 Å². The first-order valence-electron chi connectivity index (χ1n) is 5.12. The van der Waals surface area contributed by atoms with E-state index in [1.165, 1.54) is 23.9 Å². The van der Waals surface area contributed by atoms with Crippen LogP contribution in [-0.2, 0) is 7.05 Å². The van der Waals surface area contributed by atoms with E-state index in [1.807, 2.05) is 0 Å². The third-order valence-corrected chi connectivity index (χ3v) is 2.45. The van der Waals surface area contributed by atoms with Crippen LogP contribution in [0.25, 0.3) is 0 Å². The molecule has 0 spiro atoms. The van der Waals surface area contributed by atoms with Crippen LogP contribution in [0.2, 0.25) is 0 Å². The van der Waals surface area contributed by atoms with E-state index >= 15 is 0 Å². The molecule has 0 aliphatic heterocycles. The largest absolute Gasteiger partial charge is 0.481 e. The second kappa shape index (κ2) is 4.53. The highest BCUT2D eigenvalue weighted by Gasteiger charge is 2.21. The summed E-state index contributed by atoms with van der Waals surface area (Å²) in [4.78, 5) is 10.7. The van der Waals surface area contributed by atoms with Crippen LogP contribution in [-0.4, -0.2) is 33.1 Å². The molecular formula is C11H12N2O5. The van der Waals surface area contributed by atoms with E-state index in [0.29, 0.717) is 11.6 Å². The Morgan fingerprint density at radius 3 is 2.78 bits per heavy atom. The van der Waals surface area contributed by atoms with Crippen LogP contribution in [0.15, 0.2) is 22.6 Å². The van der Waals surface area contributed by atoms with E-state index in [0.717, 1.165) is 0 Å². The first-order chi connectivity index (χ1) is 8.52. The lowest BCUT2D eigenvalue weighted by Crippen LogP contribution is -2.01. The standard InChI is InChI=1S/C11H12N2O5/c1-13-9(17-2)5-6(12-13)10(14)7-3-4-8(18-7)11(15)16/h3-5,10,14H,1-2H3,(H,15,16). The lowest BCUT2D eigenvalue weighted by Gasteiger charge is -2.02. The van der Waals surface area contributed by atoms with E-state index in [4.69, 9.17) is 14.3 Å². The highest BCUT2D eigenvalue weighted by Crippen LogP contribution is 2.25. The maximum absolute atomic E-state index is 10.7. The molecule has 0 saturated heterocycles. The number of carboxylic acids is 1. The molecule has 0 saturated carbocycles. The van der Waals surface area contributed by atoms with Gasteiger partial charge in [0.2, 0.25) is 11.6 Å². The fourth-order valence-corrected chi connectivity index (χ4v) is 1.56. The van der Waals surface area contributed by atoms with E-state index < -0.39 is 12.1 Å². The summed E-state index contributed by atoms with van der Waals surface area (Å²) in [5, 5.41) is 22.8. The minimum Gasteiger partial charge on any atom is -0.481 e. The van der Waals surface area contributed by atoms with Crippen molar-refractivity contribution >= 4 is 5.97 Å². The van der Waals surface area contributed by atoms with Gasteiger partial charge in [-0.1, -0.05) is 0 Å². The van der Waals surface area contributed by atoms with Gasteiger partial charge in [0.25, 0.3) is 0 Å². The highest BCUT2D eigenvalue weighted by molar-refractivity contribution is 5.84. The molecule has 96 valence electrons. The minimum absolute atomic E-state index is 0.119. The minimum atomic E-state index is -1.19. The molecule has 1 atom stereocenters. The van der Waals surface area contributed by atoms with Gasteiger partial charge >= 0.3 is 5.97 Å². The molecule has 2 N–H and O–H groups in total. The molecular weight excluding hydrogens is 240 g/mol. The molecule has 0 bridgehead atoms. The normalized spacial score (nSPS) is 12.4.